The first-order chi connectivity index (χ1) is 16.5. The van der Waals surface area contributed by atoms with E-state index in [1.807, 2.05) is 36.4 Å². The van der Waals surface area contributed by atoms with Crippen LogP contribution in [0, 0.1) is 0 Å². The van der Waals surface area contributed by atoms with Gasteiger partial charge in [-0.2, -0.15) is 4.31 Å². The van der Waals surface area contributed by atoms with Gasteiger partial charge in [-0.1, -0.05) is 71.9 Å². The third kappa shape index (κ3) is 4.50. The van der Waals surface area contributed by atoms with E-state index in [0.29, 0.717) is 37.6 Å². The van der Waals surface area contributed by atoms with Crippen LogP contribution in [0.4, 0.5) is 0 Å². The molecule has 1 unspecified atom stereocenters. The topological polar surface area (TPSA) is 82.4 Å². The van der Waals surface area contributed by atoms with E-state index >= 15 is 0 Å². The van der Waals surface area contributed by atoms with Gasteiger partial charge in [0.2, 0.25) is 10.0 Å². The SMILES string of the molecule is O=S(=O)(c1ccccc1)N1CCN(CC(O)CON=C2c3ccccc3-c3ccccc32)CC1. The van der Waals surface area contributed by atoms with Gasteiger partial charge >= 0.3 is 0 Å². The van der Waals surface area contributed by atoms with E-state index in [9.17, 15) is 13.5 Å². The van der Waals surface area contributed by atoms with E-state index in [1.54, 1.807) is 30.3 Å². The van der Waals surface area contributed by atoms with E-state index in [4.69, 9.17) is 4.84 Å². The highest BCUT2D eigenvalue weighted by Crippen LogP contribution is 2.36. The van der Waals surface area contributed by atoms with Crippen LogP contribution < -0.4 is 0 Å². The maximum absolute atomic E-state index is 12.8. The summed E-state index contributed by atoms with van der Waals surface area (Å²) >= 11 is 0. The van der Waals surface area contributed by atoms with Crippen molar-refractivity contribution >= 4 is 15.7 Å². The quantitative estimate of drug-likeness (QED) is 0.414. The summed E-state index contributed by atoms with van der Waals surface area (Å²) in [4.78, 5) is 7.94. The van der Waals surface area contributed by atoms with Gasteiger partial charge in [0.25, 0.3) is 0 Å². The number of piperazine rings is 1. The van der Waals surface area contributed by atoms with Gasteiger partial charge in [0.1, 0.15) is 18.4 Å². The van der Waals surface area contributed by atoms with Crippen LogP contribution in [0.15, 0.2) is 88.9 Å². The molecule has 8 heteroatoms. The Bertz CT molecular complexity index is 1240. The highest BCUT2D eigenvalue weighted by atomic mass is 32.2. The Labute approximate surface area is 199 Å². The van der Waals surface area contributed by atoms with Crippen LogP contribution in [0.25, 0.3) is 11.1 Å². The van der Waals surface area contributed by atoms with Gasteiger partial charge in [-0.25, -0.2) is 8.42 Å². The Kier molecular flexibility index (Phi) is 6.47. The van der Waals surface area contributed by atoms with Crippen LogP contribution in [-0.2, 0) is 14.9 Å². The minimum atomic E-state index is -3.48. The zero-order chi connectivity index (χ0) is 23.5. The van der Waals surface area contributed by atoms with E-state index in [1.165, 1.54) is 4.31 Å². The number of oxime groups is 1. The van der Waals surface area contributed by atoms with Gasteiger partial charge < -0.3 is 9.94 Å². The first kappa shape index (κ1) is 22.7. The smallest absolute Gasteiger partial charge is 0.243 e. The number of nitrogens with zero attached hydrogens (tertiary/aromatic N) is 3. The molecule has 176 valence electrons. The zero-order valence-electron chi connectivity index (χ0n) is 18.7. The summed E-state index contributed by atoms with van der Waals surface area (Å²) < 4.78 is 27.1. The summed E-state index contributed by atoms with van der Waals surface area (Å²) in [6.07, 6.45) is -0.728. The molecule has 34 heavy (non-hydrogen) atoms. The molecule has 5 rings (SSSR count). The lowest BCUT2D eigenvalue weighted by atomic mass is 10.1. The summed E-state index contributed by atoms with van der Waals surface area (Å²) in [5.74, 6) is 0. The van der Waals surface area contributed by atoms with Gasteiger partial charge in [-0.3, -0.25) is 4.90 Å². The standard InChI is InChI=1S/C26H27N3O4S/c30-20(18-28-14-16-29(17-15-28)34(31,32)21-8-2-1-3-9-21)19-33-27-26-24-12-6-4-10-22(24)23-11-5-7-13-25(23)26/h1-13,20,30H,14-19H2. The number of aliphatic hydroxyl groups is 1. The summed E-state index contributed by atoms with van der Waals surface area (Å²) in [6.45, 7) is 2.35. The summed E-state index contributed by atoms with van der Waals surface area (Å²) in [6, 6.07) is 24.7. The monoisotopic (exact) mass is 477 g/mol. The van der Waals surface area contributed by atoms with Gasteiger partial charge in [-0.15, -0.1) is 0 Å². The Morgan fingerprint density at radius 2 is 1.32 bits per heavy atom. The van der Waals surface area contributed by atoms with Gasteiger partial charge in [0, 0.05) is 43.9 Å². The lowest BCUT2D eigenvalue weighted by Gasteiger charge is -2.34. The second-order valence-electron chi connectivity index (χ2n) is 8.50. The van der Waals surface area contributed by atoms with Crippen LogP contribution >= 0.6 is 0 Å². The molecule has 1 atom stereocenters. The first-order valence-electron chi connectivity index (χ1n) is 11.4. The molecule has 1 fully saturated rings. The molecule has 3 aromatic carbocycles. The molecular formula is C26H27N3O4S. The third-order valence-corrected chi connectivity index (χ3v) is 8.17. The Balaban J connectivity index is 1.15. The van der Waals surface area contributed by atoms with E-state index in [2.05, 4.69) is 22.2 Å². The van der Waals surface area contributed by atoms with Crippen molar-refractivity contribution in [2.75, 3.05) is 39.3 Å². The molecule has 0 bridgehead atoms. The van der Waals surface area contributed by atoms with Gasteiger partial charge in [0.05, 0.1) is 4.90 Å². The molecule has 0 aromatic heterocycles. The molecule has 0 spiro atoms. The van der Waals surface area contributed by atoms with Crippen molar-refractivity contribution < 1.29 is 18.4 Å². The number of fused-ring (bicyclic) bond motifs is 3. The van der Waals surface area contributed by atoms with Crippen molar-refractivity contribution in [2.45, 2.75) is 11.0 Å². The fourth-order valence-corrected chi connectivity index (χ4v) is 5.97. The second kappa shape index (κ2) is 9.68. The average molecular weight is 478 g/mol. The Hall–Kier alpha value is -3.04. The minimum Gasteiger partial charge on any atom is -0.392 e. The third-order valence-electron chi connectivity index (χ3n) is 6.26. The Morgan fingerprint density at radius 1 is 0.794 bits per heavy atom. The number of aliphatic hydroxyl groups excluding tert-OH is 1. The van der Waals surface area contributed by atoms with E-state index < -0.39 is 16.1 Å². The largest absolute Gasteiger partial charge is 0.392 e. The molecule has 1 N–H and O–H groups in total. The van der Waals surface area contributed by atoms with Crippen LogP contribution in [0.1, 0.15) is 11.1 Å². The molecule has 1 aliphatic heterocycles. The summed E-state index contributed by atoms with van der Waals surface area (Å²) in [7, 11) is -3.48. The van der Waals surface area contributed by atoms with Crippen LogP contribution in [0.2, 0.25) is 0 Å². The molecular weight excluding hydrogens is 450 g/mol. The number of sulfonamides is 1. The van der Waals surface area contributed by atoms with Crippen molar-refractivity contribution in [1.29, 1.82) is 0 Å². The molecule has 1 aliphatic carbocycles. The number of hydrogen-bond acceptors (Lipinski definition) is 6. The molecule has 7 nitrogen and oxygen atoms in total. The van der Waals surface area contributed by atoms with Gasteiger partial charge in [-0.05, 0) is 23.3 Å². The highest BCUT2D eigenvalue weighted by molar-refractivity contribution is 7.89. The second-order valence-corrected chi connectivity index (χ2v) is 10.4. The first-order valence-corrected chi connectivity index (χ1v) is 12.8. The van der Waals surface area contributed by atoms with Crippen molar-refractivity contribution in [3.63, 3.8) is 0 Å². The van der Waals surface area contributed by atoms with Crippen molar-refractivity contribution in [3.05, 3.63) is 90.0 Å². The number of β-amino-alcohol motifs (C(OH)–C–C–N with tert-alkyl or cyclic N) is 1. The maximum atomic E-state index is 12.8. The zero-order valence-corrected chi connectivity index (χ0v) is 19.6. The molecule has 3 aromatic rings. The summed E-state index contributed by atoms with van der Waals surface area (Å²) in [5.41, 5.74) is 5.08. The van der Waals surface area contributed by atoms with Crippen LogP contribution in [0.5, 0.6) is 0 Å². The minimum absolute atomic E-state index is 0.0658. The lowest BCUT2D eigenvalue weighted by Crippen LogP contribution is -2.50. The van der Waals surface area contributed by atoms with Crippen LogP contribution in [0.3, 0.4) is 0 Å². The van der Waals surface area contributed by atoms with Crippen LogP contribution in [-0.4, -0.2) is 73.9 Å². The fourth-order valence-electron chi connectivity index (χ4n) is 4.52. The highest BCUT2D eigenvalue weighted by Gasteiger charge is 2.29. The normalized spacial score (nSPS) is 17.1. The lowest BCUT2D eigenvalue weighted by molar-refractivity contribution is 0.0139. The summed E-state index contributed by atoms with van der Waals surface area (Å²) in [5, 5.41) is 14.9. The number of hydrogen-bond donors (Lipinski definition) is 1. The number of benzene rings is 3. The van der Waals surface area contributed by atoms with E-state index in [-0.39, 0.29) is 6.61 Å². The molecule has 2 aliphatic rings. The van der Waals surface area contributed by atoms with Crippen molar-refractivity contribution in [2.24, 2.45) is 5.16 Å². The average Bonchev–Trinajstić information content (AvgIpc) is 3.19. The molecule has 1 heterocycles. The molecule has 1 saturated heterocycles. The predicted molar refractivity (Wildman–Crippen MR) is 131 cm³/mol. The van der Waals surface area contributed by atoms with Crippen molar-refractivity contribution in [1.82, 2.24) is 9.21 Å². The van der Waals surface area contributed by atoms with Crippen molar-refractivity contribution in [3.8, 4) is 11.1 Å². The number of rotatable bonds is 7. The molecule has 0 radical (unpaired) electrons. The van der Waals surface area contributed by atoms with E-state index in [0.717, 1.165) is 28.0 Å². The fraction of sp³-hybridized carbons (Fsp3) is 0.269. The van der Waals surface area contributed by atoms with Gasteiger partial charge in [0.15, 0.2) is 0 Å². The maximum Gasteiger partial charge on any atom is 0.243 e. The molecule has 0 saturated carbocycles. The Morgan fingerprint density at radius 3 is 1.91 bits per heavy atom. The predicted octanol–water partition coefficient (Wildman–Crippen LogP) is 2.80. The molecule has 0 amide bonds.